The van der Waals surface area contributed by atoms with Crippen LogP contribution in [0, 0.1) is 17.0 Å². The van der Waals surface area contributed by atoms with Crippen LogP contribution in [0.25, 0.3) is 0 Å². The van der Waals surface area contributed by atoms with Crippen molar-refractivity contribution in [2.45, 2.75) is 51.2 Å². The van der Waals surface area contributed by atoms with Crippen LogP contribution in [0.5, 0.6) is 0 Å². The van der Waals surface area contributed by atoms with Crippen molar-refractivity contribution in [2.75, 3.05) is 5.32 Å². The summed E-state index contributed by atoms with van der Waals surface area (Å²) in [5.41, 5.74) is 0.0199. The summed E-state index contributed by atoms with van der Waals surface area (Å²) < 4.78 is 0. The summed E-state index contributed by atoms with van der Waals surface area (Å²) in [5.74, 6) is 0.0819. The summed E-state index contributed by atoms with van der Waals surface area (Å²) in [6.07, 6.45) is 3.89. The van der Waals surface area contributed by atoms with Crippen LogP contribution >= 0.6 is 11.6 Å². The lowest BCUT2D eigenvalue weighted by Gasteiger charge is -2.22. The number of nitrogens with one attached hydrogen (secondary N) is 1. The highest BCUT2D eigenvalue weighted by molar-refractivity contribution is 6.28. The van der Waals surface area contributed by atoms with Crippen LogP contribution in [-0.2, 0) is 0 Å². The van der Waals surface area contributed by atoms with Gasteiger partial charge in [-0.25, -0.2) is 4.98 Å². The molecule has 2 rings (SSSR count). The summed E-state index contributed by atoms with van der Waals surface area (Å²) in [7, 11) is 0. The third-order valence-corrected chi connectivity index (χ3v) is 3.68. The summed E-state index contributed by atoms with van der Waals surface area (Å²) >= 11 is 5.77. The Kier molecular flexibility index (Phi) is 4.72. The standard InChI is InChI=1S/C12H17ClN4O3/c1-7-10(17(19)20)11(16-12(13)14-7)15-8-5-3-2-4-6-9(8)18/h8-9,18H,2-6H2,1H3,(H,14,15,16). The summed E-state index contributed by atoms with van der Waals surface area (Å²) in [4.78, 5) is 18.3. The second kappa shape index (κ2) is 6.32. The van der Waals surface area contributed by atoms with Crippen molar-refractivity contribution in [3.05, 3.63) is 21.1 Å². The average Bonchev–Trinajstić information content (AvgIpc) is 2.53. The molecule has 0 amide bonds. The molecule has 1 aliphatic rings. The van der Waals surface area contributed by atoms with Crippen molar-refractivity contribution in [3.63, 3.8) is 0 Å². The van der Waals surface area contributed by atoms with E-state index in [4.69, 9.17) is 11.6 Å². The van der Waals surface area contributed by atoms with Gasteiger partial charge in [0.25, 0.3) is 0 Å². The molecule has 8 heteroatoms. The van der Waals surface area contributed by atoms with E-state index in [0.717, 1.165) is 25.7 Å². The molecule has 2 atom stereocenters. The van der Waals surface area contributed by atoms with E-state index in [1.165, 1.54) is 6.92 Å². The average molecular weight is 301 g/mol. The Hall–Kier alpha value is -1.47. The van der Waals surface area contributed by atoms with Crippen LogP contribution in [0.15, 0.2) is 0 Å². The quantitative estimate of drug-likeness (QED) is 0.385. The number of hydrogen-bond acceptors (Lipinski definition) is 6. The van der Waals surface area contributed by atoms with E-state index in [-0.39, 0.29) is 28.5 Å². The van der Waals surface area contributed by atoms with Crippen LogP contribution in [-0.4, -0.2) is 32.1 Å². The number of nitro groups is 1. The lowest BCUT2D eigenvalue weighted by Crippen LogP contribution is -2.33. The molecular formula is C12H17ClN4O3. The van der Waals surface area contributed by atoms with Gasteiger partial charge in [0, 0.05) is 0 Å². The first kappa shape index (κ1) is 14.9. The molecule has 0 aromatic carbocycles. The third-order valence-electron chi connectivity index (χ3n) is 3.52. The van der Waals surface area contributed by atoms with E-state index in [1.807, 2.05) is 0 Å². The normalized spacial score (nSPS) is 23.1. The summed E-state index contributed by atoms with van der Waals surface area (Å²) in [6.45, 7) is 1.51. The molecule has 0 saturated heterocycles. The number of aliphatic hydroxyl groups excluding tert-OH is 1. The number of hydrogen-bond donors (Lipinski definition) is 2. The zero-order valence-electron chi connectivity index (χ0n) is 11.2. The Labute approximate surface area is 121 Å². The van der Waals surface area contributed by atoms with E-state index >= 15 is 0 Å². The molecule has 0 spiro atoms. The minimum atomic E-state index is -0.536. The Morgan fingerprint density at radius 2 is 2.05 bits per heavy atom. The molecule has 2 N–H and O–H groups in total. The third kappa shape index (κ3) is 3.34. The van der Waals surface area contributed by atoms with Gasteiger partial charge in [0.05, 0.1) is 17.1 Å². The molecule has 110 valence electrons. The Morgan fingerprint density at radius 1 is 1.35 bits per heavy atom. The monoisotopic (exact) mass is 300 g/mol. The first-order valence-corrected chi connectivity index (χ1v) is 7.00. The molecule has 20 heavy (non-hydrogen) atoms. The molecule has 2 unspecified atom stereocenters. The Morgan fingerprint density at radius 3 is 2.75 bits per heavy atom. The van der Waals surface area contributed by atoms with E-state index < -0.39 is 11.0 Å². The van der Waals surface area contributed by atoms with Gasteiger partial charge in [-0.2, -0.15) is 4.98 Å². The summed E-state index contributed by atoms with van der Waals surface area (Å²) in [6, 6.07) is -0.249. The van der Waals surface area contributed by atoms with Crippen molar-refractivity contribution >= 4 is 23.1 Å². The maximum Gasteiger partial charge on any atom is 0.332 e. The fourth-order valence-electron chi connectivity index (χ4n) is 2.48. The lowest BCUT2D eigenvalue weighted by molar-refractivity contribution is -0.385. The van der Waals surface area contributed by atoms with Gasteiger partial charge in [0.1, 0.15) is 5.69 Å². The SMILES string of the molecule is Cc1nc(Cl)nc(NC2CCCCCC2O)c1[N+](=O)[O-]. The first-order valence-electron chi connectivity index (χ1n) is 6.62. The van der Waals surface area contributed by atoms with Gasteiger partial charge in [-0.3, -0.25) is 10.1 Å². The minimum absolute atomic E-state index is 0.0429. The van der Waals surface area contributed by atoms with Crippen LogP contribution in [0.4, 0.5) is 11.5 Å². The zero-order valence-corrected chi connectivity index (χ0v) is 11.9. The van der Waals surface area contributed by atoms with Crippen molar-refractivity contribution in [2.24, 2.45) is 0 Å². The molecular weight excluding hydrogens is 284 g/mol. The van der Waals surface area contributed by atoms with Gasteiger partial charge in [-0.1, -0.05) is 19.3 Å². The predicted octanol–water partition coefficient (Wildman–Crippen LogP) is 2.45. The molecule has 1 heterocycles. The molecule has 1 aromatic rings. The number of aryl methyl sites for hydroxylation is 1. The van der Waals surface area contributed by atoms with Crippen LogP contribution in [0.2, 0.25) is 5.28 Å². The topological polar surface area (TPSA) is 101 Å². The fourth-order valence-corrected chi connectivity index (χ4v) is 2.70. The Bertz CT molecular complexity index is 512. The number of rotatable bonds is 3. The van der Waals surface area contributed by atoms with Crippen molar-refractivity contribution in [3.8, 4) is 0 Å². The highest BCUT2D eigenvalue weighted by atomic mass is 35.5. The van der Waals surface area contributed by atoms with Gasteiger partial charge in [0.2, 0.25) is 11.1 Å². The van der Waals surface area contributed by atoms with Crippen molar-refractivity contribution in [1.82, 2.24) is 9.97 Å². The fraction of sp³-hybridized carbons (Fsp3) is 0.667. The molecule has 0 radical (unpaired) electrons. The molecule has 1 fully saturated rings. The van der Waals surface area contributed by atoms with Crippen molar-refractivity contribution < 1.29 is 10.0 Å². The maximum absolute atomic E-state index is 11.1. The largest absolute Gasteiger partial charge is 0.391 e. The van der Waals surface area contributed by atoms with E-state index in [0.29, 0.717) is 6.42 Å². The van der Waals surface area contributed by atoms with Crippen LogP contribution in [0.1, 0.15) is 37.8 Å². The summed E-state index contributed by atoms with van der Waals surface area (Å²) in [5, 5.41) is 24.1. The highest BCUT2D eigenvalue weighted by Crippen LogP contribution is 2.29. The highest BCUT2D eigenvalue weighted by Gasteiger charge is 2.27. The zero-order chi connectivity index (χ0) is 14.7. The van der Waals surface area contributed by atoms with E-state index in [1.54, 1.807) is 0 Å². The van der Waals surface area contributed by atoms with Gasteiger partial charge in [-0.15, -0.1) is 0 Å². The van der Waals surface area contributed by atoms with Gasteiger partial charge < -0.3 is 10.4 Å². The maximum atomic E-state index is 11.1. The van der Waals surface area contributed by atoms with Gasteiger partial charge in [0.15, 0.2) is 0 Å². The molecule has 0 bridgehead atoms. The smallest absolute Gasteiger partial charge is 0.332 e. The first-order chi connectivity index (χ1) is 9.49. The number of halogens is 1. The number of nitrogens with zero attached hydrogens (tertiary/aromatic N) is 3. The van der Waals surface area contributed by atoms with E-state index in [2.05, 4.69) is 15.3 Å². The number of aromatic nitrogens is 2. The van der Waals surface area contributed by atoms with Crippen LogP contribution in [0.3, 0.4) is 0 Å². The predicted molar refractivity (Wildman–Crippen MR) is 74.9 cm³/mol. The molecule has 7 nitrogen and oxygen atoms in total. The van der Waals surface area contributed by atoms with E-state index in [9.17, 15) is 15.2 Å². The molecule has 1 saturated carbocycles. The number of anilines is 1. The second-order valence-electron chi connectivity index (χ2n) is 4.99. The van der Waals surface area contributed by atoms with Crippen molar-refractivity contribution in [1.29, 1.82) is 0 Å². The molecule has 1 aromatic heterocycles. The number of aliphatic hydroxyl groups is 1. The van der Waals surface area contributed by atoms with Gasteiger partial charge >= 0.3 is 5.69 Å². The minimum Gasteiger partial charge on any atom is -0.391 e. The molecule has 1 aliphatic carbocycles. The molecule has 0 aliphatic heterocycles. The Balaban J connectivity index is 2.29. The van der Waals surface area contributed by atoms with Gasteiger partial charge in [-0.05, 0) is 31.4 Å². The second-order valence-corrected chi connectivity index (χ2v) is 5.33. The van der Waals surface area contributed by atoms with Crippen LogP contribution < -0.4 is 5.32 Å². The lowest BCUT2D eigenvalue weighted by atomic mass is 10.1.